The van der Waals surface area contributed by atoms with E-state index in [1.165, 1.54) is 6.42 Å². The van der Waals surface area contributed by atoms with E-state index in [0.717, 1.165) is 25.7 Å². The SMILES string of the molecule is Cl.Cl.NCC1(CC(=O)Nc2cccc(C(=O)Nc3ccncc3)c2)CCCCC1. The van der Waals surface area contributed by atoms with Gasteiger partial charge >= 0.3 is 0 Å². The molecule has 1 aromatic heterocycles. The van der Waals surface area contributed by atoms with Crippen LogP contribution in [0.4, 0.5) is 11.4 Å². The number of nitrogens with one attached hydrogen (secondary N) is 2. The number of pyridine rings is 1. The van der Waals surface area contributed by atoms with Crippen molar-refractivity contribution in [1.82, 2.24) is 4.98 Å². The molecule has 1 fully saturated rings. The normalized spacial score (nSPS) is 14.7. The molecule has 0 bridgehead atoms. The first-order valence-electron chi connectivity index (χ1n) is 9.42. The van der Waals surface area contributed by atoms with Gasteiger partial charge in [0.1, 0.15) is 0 Å². The standard InChI is InChI=1S/C21H26N4O2.2ClH/c22-15-21(9-2-1-3-10-21)14-19(26)24-18-6-4-5-16(13-18)20(27)25-17-7-11-23-12-8-17;;/h4-8,11-13H,1-3,9-10,14-15,22H2,(H,24,26)(H,23,25,27);2*1H. The molecule has 0 aliphatic heterocycles. The molecule has 1 saturated carbocycles. The molecule has 1 heterocycles. The zero-order valence-corrected chi connectivity index (χ0v) is 17.9. The lowest BCUT2D eigenvalue weighted by Gasteiger charge is -2.35. The number of amides is 2. The third kappa shape index (κ3) is 6.99. The zero-order valence-electron chi connectivity index (χ0n) is 16.2. The van der Waals surface area contributed by atoms with Gasteiger partial charge in [0.25, 0.3) is 5.91 Å². The van der Waals surface area contributed by atoms with Crippen LogP contribution < -0.4 is 16.4 Å². The van der Waals surface area contributed by atoms with E-state index in [-0.39, 0.29) is 42.0 Å². The fourth-order valence-corrected chi connectivity index (χ4v) is 3.68. The molecule has 3 rings (SSSR count). The van der Waals surface area contributed by atoms with Crippen LogP contribution in [0, 0.1) is 5.41 Å². The molecular formula is C21H28Cl2N4O2. The highest BCUT2D eigenvalue weighted by molar-refractivity contribution is 6.05. The third-order valence-corrected chi connectivity index (χ3v) is 5.23. The van der Waals surface area contributed by atoms with Crippen LogP contribution in [0.15, 0.2) is 48.8 Å². The van der Waals surface area contributed by atoms with Crippen molar-refractivity contribution in [2.75, 3.05) is 17.2 Å². The lowest BCUT2D eigenvalue weighted by Crippen LogP contribution is -2.36. The largest absolute Gasteiger partial charge is 0.330 e. The summed E-state index contributed by atoms with van der Waals surface area (Å²) in [5, 5.41) is 5.73. The number of hydrogen-bond donors (Lipinski definition) is 3. The van der Waals surface area contributed by atoms with Crippen molar-refractivity contribution in [3.8, 4) is 0 Å². The first-order chi connectivity index (χ1) is 13.1. The van der Waals surface area contributed by atoms with Gasteiger partial charge in [-0.1, -0.05) is 25.3 Å². The highest BCUT2D eigenvalue weighted by Gasteiger charge is 2.32. The Morgan fingerprint density at radius 1 is 0.966 bits per heavy atom. The molecule has 0 unspecified atom stereocenters. The van der Waals surface area contributed by atoms with Crippen LogP contribution >= 0.6 is 24.8 Å². The Morgan fingerprint density at radius 2 is 1.66 bits per heavy atom. The summed E-state index contributed by atoms with van der Waals surface area (Å²) in [6.07, 6.45) is 9.16. The van der Waals surface area contributed by atoms with Crippen molar-refractivity contribution in [3.63, 3.8) is 0 Å². The Morgan fingerprint density at radius 3 is 2.31 bits per heavy atom. The number of hydrogen-bond acceptors (Lipinski definition) is 4. The molecule has 1 aliphatic carbocycles. The van der Waals surface area contributed by atoms with Crippen molar-refractivity contribution in [3.05, 3.63) is 54.4 Å². The van der Waals surface area contributed by atoms with E-state index in [9.17, 15) is 9.59 Å². The predicted octanol–water partition coefficient (Wildman–Crippen LogP) is 4.42. The van der Waals surface area contributed by atoms with Crippen LogP contribution in [0.25, 0.3) is 0 Å². The topological polar surface area (TPSA) is 97.1 Å². The molecule has 0 radical (unpaired) electrons. The monoisotopic (exact) mass is 438 g/mol. The number of aromatic nitrogens is 1. The molecular weight excluding hydrogens is 411 g/mol. The summed E-state index contributed by atoms with van der Waals surface area (Å²) in [7, 11) is 0. The fraction of sp³-hybridized carbons (Fsp3) is 0.381. The number of rotatable bonds is 6. The molecule has 1 aromatic carbocycles. The van der Waals surface area contributed by atoms with Gasteiger partial charge in [-0.05, 0) is 55.1 Å². The highest BCUT2D eigenvalue weighted by Crippen LogP contribution is 2.38. The Labute approximate surface area is 183 Å². The predicted molar refractivity (Wildman–Crippen MR) is 121 cm³/mol. The number of halogens is 2. The molecule has 6 nitrogen and oxygen atoms in total. The van der Waals surface area contributed by atoms with E-state index >= 15 is 0 Å². The van der Waals surface area contributed by atoms with Gasteiger partial charge in [0.15, 0.2) is 0 Å². The quantitative estimate of drug-likeness (QED) is 0.621. The number of carbonyl (C=O) groups is 2. The fourth-order valence-electron chi connectivity index (χ4n) is 3.68. The summed E-state index contributed by atoms with van der Waals surface area (Å²) in [5.74, 6) is -0.281. The van der Waals surface area contributed by atoms with E-state index < -0.39 is 0 Å². The van der Waals surface area contributed by atoms with E-state index in [0.29, 0.717) is 29.9 Å². The second-order valence-corrected chi connectivity index (χ2v) is 7.26. The zero-order chi connectivity index (χ0) is 19.1. The Balaban J connectivity index is 0.00000210. The average molecular weight is 439 g/mol. The average Bonchev–Trinajstić information content (AvgIpc) is 2.69. The molecule has 8 heteroatoms. The van der Waals surface area contributed by atoms with E-state index in [2.05, 4.69) is 15.6 Å². The molecule has 158 valence electrons. The minimum absolute atomic E-state index is 0. The van der Waals surface area contributed by atoms with E-state index in [1.54, 1.807) is 48.8 Å². The van der Waals surface area contributed by atoms with Gasteiger partial charge in [0, 0.05) is 35.8 Å². The van der Waals surface area contributed by atoms with Crippen molar-refractivity contribution in [2.45, 2.75) is 38.5 Å². The maximum Gasteiger partial charge on any atom is 0.255 e. The number of carbonyl (C=O) groups excluding carboxylic acids is 2. The molecule has 2 amide bonds. The summed E-state index contributed by atoms with van der Waals surface area (Å²) >= 11 is 0. The summed E-state index contributed by atoms with van der Waals surface area (Å²) in [6, 6.07) is 10.4. The third-order valence-electron chi connectivity index (χ3n) is 5.23. The van der Waals surface area contributed by atoms with Gasteiger partial charge in [-0.15, -0.1) is 24.8 Å². The number of nitrogens with two attached hydrogens (primary N) is 1. The summed E-state index contributed by atoms with van der Waals surface area (Å²) in [6.45, 7) is 0.537. The van der Waals surface area contributed by atoms with E-state index in [4.69, 9.17) is 5.73 Å². The summed E-state index contributed by atoms with van der Waals surface area (Å²) in [4.78, 5) is 28.9. The van der Waals surface area contributed by atoms with Crippen molar-refractivity contribution in [2.24, 2.45) is 11.1 Å². The lowest BCUT2D eigenvalue weighted by atomic mass is 9.71. The first-order valence-corrected chi connectivity index (χ1v) is 9.42. The van der Waals surface area contributed by atoms with Gasteiger partial charge in [-0.3, -0.25) is 14.6 Å². The Hall–Kier alpha value is -2.15. The van der Waals surface area contributed by atoms with Crippen LogP contribution in [0.5, 0.6) is 0 Å². The minimum atomic E-state index is -0.233. The number of benzene rings is 1. The highest BCUT2D eigenvalue weighted by atomic mass is 35.5. The molecule has 29 heavy (non-hydrogen) atoms. The van der Waals surface area contributed by atoms with Gasteiger partial charge in [0.05, 0.1) is 0 Å². The minimum Gasteiger partial charge on any atom is -0.330 e. The van der Waals surface area contributed by atoms with Crippen LogP contribution in [0.1, 0.15) is 48.9 Å². The van der Waals surface area contributed by atoms with Crippen LogP contribution in [0.2, 0.25) is 0 Å². The van der Waals surface area contributed by atoms with Crippen molar-refractivity contribution >= 4 is 48.0 Å². The Kier molecular flexibility index (Phi) is 10.1. The van der Waals surface area contributed by atoms with Gasteiger partial charge in [-0.25, -0.2) is 0 Å². The molecule has 0 atom stereocenters. The number of anilines is 2. The second kappa shape index (κ2) is 11.8. The molecule has 4 N–H and O–H groups in total. The molecule has 1 aliphatic rings. The van der Waals surface area contributed by atoms with Crippen molar-refractivity contribution in [1.29, 1.82) is 0 Å². The smallest absolute Gasteiger partial charge is 0.255 e. The number of nitrogens with zero attached hydrogens (tertiary/aromatic N) is 1. The molecule has 0 spiro atoms. The summed E-state index contributed by atoms with van der Waals surface area (Å²) in [5.41, 5.74) is 7.67. The van der Waals surface area contributed by atoms with Crippen LogP contribution in [-0.4, -0.2) is 23.3 Å². The maximum absolute atomic E-state index is 12.5. The van der Waals surface area contributed by atoms with Gasteiger partial charge in [-0.2, -0.15) is 0 Å². The summed E-state index contributed by atoms with van der Waals surface area (Å²) < 4.78 is 0. The second-order valence-electron chi connectivity index (χ2n) is 7.26. The molecule has 0 saturated heterocycles. The van der Waals surface area contributed by atoms with Gasteiger partial charge in [0.2, 0.25) is 5.91 Å². The molecule has 2 aromatic rings. The maximum atomic E-state index is 12.5. The Bertz CT molecular complexity index is 796. The van der Waals surface area contributed by atoms with Crippen molar-refractivity contribution < 1.29 is 9.59 Å². The van der Waals surface area contributed by atoms with Gasteiger partial charge < -0.3 is 16.4 Å². The van der Waals surface area contributed by atoms with Crippen LogP contribution in [-0.2, 0) is 4.79 Å². The van der Waals surface area contributed by atoms with Crippen LogP contribution in [0.3, 0.4) is 0 Å². The first kappa shape index (κ1) is 24.9. The van der Waals surface area contributed by atoms with E-state index in [1.807, 2.05) is 0 Å². The lowest BCUT2D eigenvalue weighted by molar-refractivity contribution is -0.118.